The Hall–Kier alpha value is -3.52. The predicted molar refractivity (Wildman–Crippen MR) is 120 cm³/mol. The summed E-state index contributed by atoms with van der Waals surface area (Å²) in [5, 5.41) is 7.24. The van der Waals surface area contributed by atoms with Crippen molar-refractivity contribution >= 4 is 17.5 Å². The number of aromatic nitrogens is 2. The zero-order chi connectivity index (χ0) is 22.5. The standard InChI is InChI=1S/C24H26FN5O2/c1-2-18-7-3-5-9-20(18)26-23(31)17-28-13-15-29(16-14-28)24(32)21-11-12-30(27-21)22-10-6-4-8-19(22)25/h3-12H,2,13-17H2,1H3,(H,26,31). The van der Waals surface area contributed by atoms with E-state index in [9.17, 15) is 14.0 Å². The van der Waals surface area contributed by atoms with E-state index in [4.69, 9.17) is 0 Å². The minimum atomic E-state index is -0.400. The van der Waals surface area contributed by atoms with Gasteiger partial charge in [-0.2, -0.15) is 5.10 Å². The van der Waals surface area contributed by atoms with Gasteiger partial charge in [-0.15, -0.1) is 0 Å². The first-order valence-corrected chi connectivity index (χ1v) is 10.7. The summed E-state index contributed by atoms with van der Waals surface area (Å²) in [7, 11) is 0. The highest BCUT2D eigenvalue weighted by molar-refractivity contribution is 5.93. The zero-order valence-electron chi connectivity index (χ0n) is 18.0. The van der Waals surface area contributed by atoms with E-state index >= 15 is 0 Å². The molecule has 2 heterocycles. The Morgan fingerprint density at radius 2 is 1.72 bits per heavy atom. The molecule has 0 bridgehead atoms. The van der Waals surface area contributed by atoms with Gasteiger partial charge in [0, 0.05) is 38.1 Å². The third-order valence-corrected chi connectivity index (χ3v) is 5.61. The number of anilines is 1. The molecule has 2 aromatic carbocycles. The van der Waals surface area contributed by atoms with Crippen LogP contribution in [-0.2, 0) is 11.2 Å². The molecule has 166 valence electrons. The highest BCUT2D eigenvalue weighted by Gasteiger charge is 2.25. The van der Waals surface area contributed by atoms with Crippen LogP contribution in [0.1, 0.15) is 23.0 Å². The average molecular weight is 436 g/mol. The van der Waals surface area contributed by atoms with Crippen LogP contribution < -0.4 is 5.32 Å². The molecular weight excluding hydrogens is 409 g/mol. The number of carbonyl (C=O) groups excluding carboxylic acids is 2. The zero-order valence-corrected chi connectivity index (χ0v) is 18.0. The maximum atomic E-state index is 14.0. The molecule has 0 saturated carbocycles. The van der Waals surface area contributed by atoms with Gasteiger partial charge in [0.05, 0.1) is 6.54 Å². The number of hydrogen-bond donors (Lipinski definition) is 1. The number of nitrogens with one attached hydrogen (secondary N) is 1. The number of amides is 2. The quantitative estimate of drug-likeness (QED) is 0.646. The summed E-state index contributed by atoms with van der Waals surface area (Å²) < 4.78 is 15.3. The molecular formula is C24H26FN5O2. The van der Waals surface area contributed by atoms with Crippen molar-refractivity contribution in [1.82, 2.24) is 19.6 Å². The first-order valence-electron chi connectivity index (χ1n) is 10.7. The maximum Gasteiger partial charge on any atom is 0.274 e. The van der Waals surface area contributed by atoms with Crippen LogP contribution >= 0.6 is 0 Å². The van der Waals surface area contributed by atoms with E-state index < -0.39 is 5.82 Å². The largest absolute Gasteiger partial charge is 0.335 e. The van der Waals surface area contributed by atoms with Gasteiger partial charge in [-0.25, -0.2) is 9.07 Å². The second-order valence-corrected chi connectivity index (χ2v) is 7.72. The van der Waals surface area contributed by atoms with Crippen LogP contribution in [0.15, 0.2) is 60.8 Å². The monoisotopic (exact) mass is 435 g/mol. The van der Waals surface area contributed by atoms with Crippen molar-refractivity contribution in [3.05, 3.63) is 77.9 Å². The number of para-hydroxylation sites is 2. The number of nitrogens with zero attached hydrogens (tertiary/aromatic N) is 4. The fourth-order valence-electron chi connectivity index (χ4n) is 3.82. The lowest BCUT2D eigenvalue weighted by Gasteiger charge is -2.34. The van der Waals surface area contributed by atoms with Gasteiger partial charge in [0.25, 0.3) is 5.91 Å². The molecule has 4 rings (SSSR count). The minimum absolute atomic E-state index is 0.0608. The molecule has 1 aromatic heterocycles. The molecule has 0 aliphatic carbocycles. The Morgan fingerprint density at radius 1 is 1.00 bits per heavy atom. The van der Waals surface area contributed by atoms with Crippen LogP contribution in [0.2, 0.25) is 0 Å². The number of halogens is 1. The molecule has 1 saturated heterocycles. The Labute approximate surface area is 186 Å². The number of piperazine rings is 1. The van der Waals surface area contributed by atoms with E-state index in [1.54, 1.807) is 35.4 Å². The van der Waals surface area contributed by atoms with Gasteiger partial charge in [-0.1, -0.05) is 37.3 Å². The molecule has 8 heteroatoms. The summed E-state index contributed by atoms with van der Waals surface area (Å²) in [4.78, 5) is 29.1. The molecule has 1 aliphatic rings. The summed E-state index contributed by atoms with van der Waals surface area (Å²) in [5.74, 6) is -0.654. The molecule has 0 unspecified atom stereocenters. The lowest BCUT2D eigenvalue weighted by Crippen LogP contribution is -2.50. The van der Waals surface area contributed by atoms with Crippen molar-refractivity contribution in [2.75, 3.05) is 38.0 Å². The lowest BCUT2D eigenvalue weighted by molar-refractivity contribution is -0.117. The van der Waals surface area contributed by atoms with Crippen molar-refractivity contribution in [2.45, 2.75) is 13.3 Å². The van der Waals surface area contributed by atoms with E-state index in [-0.39, 0.29) is 24.1 Å². The molecule has 32 heavy (non-hydrogen) atoms. The van der Waals surface area contributed by atoms with Gasteiger partial charge >= 0.3 is 0 Å². The second-order valence-electron chi connectivity index (χ2n) is 7.72. The summed E-state index contributed by atoms with van der Waals surface area (Å²) >= 11 is 0. The third kappa shape index (κ3) is 4.86. The SMILES string of the molecule is CCc1ccccc1NC(=O)CN1CCN(C(=O)c2ccn(-c3ccccc3F)n2)CC1. The Bertz CT molecular complexity index is 1110. The van der Waals surface area contributed by atoms with E-state index in [2.05, 4.69) is 17.3 Å². The summed E-state index contributed by atoms with van der Waals surface area (Å²) in [5.41, 5.74) is 2.52. The van der Waals surface area contributed by atoms with Gasteiger partial charge in [0.15, 0.2) is 5.69 Å². The fraction of sp³-hybridized carbons (Fsp3) is 0.292. The van der Waals surface area contributed by atoms with Crippen LogP contribution in [0, 0.1) is 5.82 Å². The van der Waals surface area contributed by atoms with Crippen molar-refractivity contribution in [3.63, 3.8) is 0 Å². The molecule has 7 nitrogen and oxygen atoms in total. The molecule has 2 amide bonds. The Morgan fingerprint density at radius 3 is 2.47 bits per heavy atom. The lowest BCUT2D eigenvalue weighted by atomic mass is 10.1. The van der Waals surface area contributed by atoms with Crippen molar-refractivity contribution in [2.24, 2.45) is 0 Å². The Kier molecular flexibility index (Phi) is 6.61. The number of rotatable bonds is 6. The first-order chi connectivity index (χ1) is 15.5. The second kappa shape index (κ2) is 9.74. The molecule has 1 fully saturated rings. The van der Waals surface area contributed by atoms with E-state index in [1.807, 2.05) is 29.2 Å². The van der Waals surface area contributed by atoms with Crippen LogP contribution in [0.25, 0.3) is 5.69 Å². The first kappa shape index (κ1) is 21.7. The van der Waals surface area contributed by atoms with Gasteiger partial charge < -0.3 is 10.2 Å². The fourth-order valence-corrected chi connectivity index (χ4v) is 3.82. The number of benzene rings is 2. The van der Waals surface area contributed by atoms with Crippen LogP contribution in [-0.4, -0.2) is 64.1 Å². The molecule has 3 aromatic rings. The van der Waals surface area contributed by atoms with E-state index in [0.717, 1.165) is 17.7 Å². The molecule has 1 aliphatic heterocycles. The molecule has 1 N–H and O–H groups in total. The third-order valence-electron chi connectivity index (χ3n) is 5.61. The maximum absolute atomic E-state index is 14.0. The van der Waals surface area contributed by atoms with Gasteiger partial charge in [-0.3, -0.25) is 14.5 Å². The summed E-state index contributed by atoms with van der Waals surface area (Å²) in [6.45, 7) is 4.54. The van der Waals surface area contributed by atoms with Crippen molar-refractivity contribution in [3.8, 4) is 5.69 Å². The van der Waals surface area contributed by atoms with Crippen molar-refractivity contribution < 1.29 is 14.0 Å². The topological polar surface area (TPSA) is 70.5 Å². The highest BCUT2D eigenvalue weighted by atomic mass is 19.1. The summed E-state index contributed by atoms with van der Waals surface area (Å²) in [6, 6.07) is 15.7. The number of carbonyl (C=O) groups is 2. The minimum Gasteiger partial charge on any atom is -0.335 e. The van der Waals surface area contributed by atoms with E-state index in [1.165, 1.54) is 10.7 Å². The van der Waals surface area contributed by atoms with Crippen molar-refractivity contribution in [1.29, 1.82) is 0 Å². The summed E-state index contributed by atoms with van der Waals surface area (Å²) in [6.07, 6.45) is 2.43. The van der Waals surface area contributed by atoms with Crippen LogP contribution in [0.4, 0.5) is 10.1 Å². The van der Waals surface area contributed by atoms with Gasteiger partial charge in [-0.05, 0) is 36.2 Å². The van der Waals surface area contributed by atoms with Gasteiger partial charge in [0.2, 0.25) is 5.91 Å². The molecule has 0 radical (unpaired) electrons. The van der Waals surface area contributed by atoms with E-state index in [0.29, 0.717) is 31.9 Å². The molecule has 0 atom stereocenters. The van der Waals surface area contributed by atoms with Crippen LogP contribution in [0.3, 0.4) is 0 Å². The smallest absolute Gasteiger partial charge is 0.274 e. The average Bonchev–Trinajstić information content (AvgIpc) is 3.30. The normalized spacial score (nSPS) is 14.4. The number of hydrogen-bond acceptors (Lipinski definition) is 4. The molecule has 0 spiro atoms. The predicted octanol–water partition coefficient (Wildman–Crippen LogP) is 2.97. The van der Waals surface area contributed by atoms with Gasteiger partial charge in [0.1, 0.15) is 11.5 Å². The number of aryl methyl sites for hydroxylation is 1. The Balaban J connectivity index is 1.30. The van der Waals surface area contributed by atoms with Crippen LogP contribution in [0.5, 0.6) is 0 Å². The highest BCUT2D eigenvalue weighted by Crippen LogP contribution is 2.16.